The van der Waals surface area contributed by atoms with Gasteiger partial charge in [-0.25, -0.2) is 4.39 Å². The van der Waals surface area contributed by atoms with E-state index in [4.69, 9.17) is 4.74 Å². The monoisotopic (exact) mass is 241 g/mol. The summed E-state index contributed by atoms with van der Waals surface area (Å²) in [4.78, 5) is 2.07. The van der Waals surface area contributed by atoms with Gasteiger partial charge in [0.2, 0.25) is 0 Å². The van der Waals surface area contributed by atoms with Crippen LogP contribution in [-0.4, -0.2) is 37.3 Å². The molecule has 0 fully saturated rings. The van der Waals surface area contributed by atoms with E-state index in [-0.39, 0.29) is 0 Å². The Morgan fingerprint density at radius 3 is 2.65 bits per heavy atom. The highest BCUT2D eigenvalue weighted by Crippen LogP contribution is 2.21. The van der Waals surface area contributed by atoms with Crippen molar-refractivity contribution in [3.05, 3.63) is 29.6 Å². The second-order valence-electron chi connectivity index (χ2n) is 4.36. The van der Waals surface area contributed by atoms with Crippen molar-refractivity contribution in [2.45, 2.75) is 19.4 Å². The molecule has 0 unspecified atom stereocenters. The molecule has 0 radical (unpaired) electrons. The summed E-state index contributed by atoms with van der Waals surface area (Å²) in [7, 11) is 3.99. The van der Waals surface area contributed by atoms with E-state index in [1.54, 1.807) is 12.1 Å². The Hall–Kier alpha value is -1.13. The third kappa shape index (κ3) is 4.71. The molecule has 3 nitrogen and oxygen atoms in total. The minimum atomic E-state index is -0.794. The summed E-state index contributed by atoms with van der Waals surface area (Å²) >= 11 is 0. The molecule has 0 aliphatic rings. The van der Waals surface area contributed by atoms with Crippen molar-refractivity contribution in [1.29, 1.82) is 0 Å². The van der Waals surface area contributed by atoms with Crippen LogP contribution in [0.3, 0.4) is 0 Å². The molecular formula is C13H20FNO2. The maximum absolute atomic E-state index is 13.5. The highest BCUT2D eigenvalue weighted by atomic mass is 19.1. The van der Waals surface area contributed by atoms with Crippen LogP contribution < -0.4 is 4.74 Å². The highest BCUT2D eigenvalue weighted by molar-refractivity contribution is 5.29. The summed E-state index contributed by atoms with van der Waals surface area (Å²) in [6.07, 6.45) is 0.102. The van der Waals surface area contributed by atoms with Gasteiger partial charge >= 0.3 is 0 Å². The van der Waals surface area contributed by atoms with Crippen LogP contribution in [0, 0.1) is 5.82 Å². The fourth-order valence-corrected chi connectivity index (χ4v) is 1.51. The predicted octanol–water partition coefficient (Wildman–Crippen LogP) is 2.21. The summed E-state index contributed by atoms with van der Waals surface area (Å²) in [6.45, 7) is 3.04. The maximum Gasteiger partial charge on any atom is 0.132 e. The first kappa shape index (κ1) is 13.9. The number of hydrogen-bond acceptors (Lipinski definition) is 3. The van der Waals surface area contributed by atoms with E-state index in [0.29, 0.717) is 17.9 Å². The third-order valence-corrected chi connectivity index (χ3v) is 2.44. The Balaban J connectivity index is 2.47. The van der Waals surface area contributed by atoms with E-state index in [9.17, 15) is 9.50 Å². The zero-order valence-electron chi connectivity index (χ0n) is 10.6. The first-order valence-corrected chi connectivity index (χ1v) is 5.75. The van der Waals surface area contributed by atoms with E-state index >= 15 is 0 Å². The Morgan fingerprint density at radius 2 is 2.12 bits per heavy atom. The van der Waals surface area contributed by atoms with Crippen molar-refractivity contribution in [1.82, 2.24) is 4.90 Å². The van der Waals surface area contributed by atoms with Gasteiger partial charge < -0.3 is 14.7 Å². The van der Waals surface area contributed by atoms with Crippen molar-refractivity contribution < 1.29 is 14.2 Å². The molecule has 0 bridgehead atoms. The van der Waals surface area contributed by atoms with Gasteiger partial charge in [-0.1, -0.05) is 0 Å². The molecule has 0 aliphatic heterocycles. The van der Waals surface area contributed by atoms with E-state index in [1.165, 1.54) is 13.0 Å². The van der Waals surface area contributed by atoms with Crippen molar-refractivity contribution in [3.8, 4) is 5.75 Å². The van der Waals surface area contributed by atoms with Gasteiger partial charge in [0.05, 0.1) is 12.7 Å². The number of halogens is 1. The lowest BCUT2D eigenvalue weighted by atomic mass is 10.1. The summed E-state index contributed by atoms with van der Waals surface area (Å²) in [5.74, 6) is 0.0794. The van der Waals surface area contributed by atoms with Gasteiger partial charge in [-0.3, -0.25) is 0 Å². The standard InChI is InChI=1S/C13H20FNO2/c1-10(16)12-6-5-11(9-13(12)14)17-8-4-7-15(2)3/h5-6,9-10,16H,4,7-8H2,1-3H3/t10-/m1/s1. The lowest BCUT2D eigenvalue weighted by molar-refractivity contribution is 0.194. The lowest BCUT2D eigenvalue weighted by Crippen LogP contribution is -2.15. The highest BCUT2D eigenvalue weighted by Gasteiger charge is 2.08. The molecule has 1 aromatic rings. The van der Waals surface area contributed by atoms with Crippen LogP contribution >= 0.6 is 0 Å². The molecule has 0 saturated carbocycles. The van der Waals surface area contributed by atoms with Crippen molar-refractivity contribution in [2.24, 2.45) is 0 Å². The molecule has 1 N–H and O–H groups in total. The van der Waals surface area contributed by atoms with E-state index < -0.39 is 11.9 Å². The van der Waals surface area contributed by atoms with E-state index in [0.717, 1.165) is 13.0 Å². The van der Waals surface area contributed by atoms with Crippen LogP contribution in [0.15, 0.2) is 18.2 Å². The number of benzene rings is 1. The quantitative estimate of drug-likeness (QED) is 0.775. The van der Waals surface area contributed by atoms with Gasteiger partial charge in [-0.05, 0) is 39.6 Å². The van der Waals surface area contributed by atoms with Gasteiger partial charge in [0, 0.05) is 18.2 Å². The molecule has 96 valence electrons. The first-order chi connectivity index (χ1) is 8.00. The van der Waals surface area contributed by atoms with Gasteiger partial charge in [0.15, 0.2) is 0 Å². The minimum absolute atomic E-state index is 0.297. The van der Waals surface area contributed by atoms with Gasteiger partial charge in [-0.2, -0.15) is 0 Å². The number of aliphatic hydroxyl groups excluding tert-OH is 1. The number of aliphatic hydroxyl groups is 1. The Kier molecular flexibility index (Phi) is 5.38. The number of ether oxygens (including phenoxy) is 1. The van der Waals surface area contributed by atoms with Crippen molar-refractivity contribution in [2.75, 3.05) is 27.2 Å². The Morgan fingerprint density at radius 1 is 1.41 bits per heavy atom. The minimum Gasteiger partial charge on any atom is -0.493 e. The molecule has 0 aliphatic carbocycles. The molecule has 0 heterocycles. The Bertz CT molecular complexity index is 353. The maximum atomic E-state index is 13.5. The lowest BCUT2D eigenvalue weighted by Gasteiger charge is -2.11. The Labute approximate surface area is 102 Å². The fraction of sp³-hybridized carbons (Fsp3) is 0.538. The normalized spacial score (nSPS) is 12.8. The summed E-state index contributed by atoms with van der Waals surface area (Å²) in [5, 5.41) is 9.28. The molecule has 4 heteroatoms. The molecule has 0 spiro atoms. The molecule has 0 saturated heterocycles. The van der Waals surface area contributed by atoms with Crippen molar-refractivity contribution >= 4 is 0 Å². The summed E-state index contributed by atoms with van der Waals surface area (Å²) in [6, 6.07) is 4.56. The molecule has 1 rings (SSSR count). The predicted molar refractivity (Wildman–Crippen MR) is 65.7 cm³/mol. The second kappa shape index (κ2) is 6.57. The molecule has 1 atom stereocenters. The average Bonchev–Trinajstić information content (AvgIpc) is 2.23. The zero-order chi connectivity index (χ0) is 12.8. The van der Waals surface area contributed by atoms with Gasteiger partial charge in [0.25, 0.3) is 0 Å². The van der Waals surface area contributed by atoms with E-state index in [2.05, 4.69) is 4.90 Å². The third-order valence-electron chi connectivity index (χ3n) is 2.44. The topological polar surface area (TPSA) is 32.7 Å². The van der Waals surface area contributed by atoms with Crippen LogP contribution in [0.1, 0.15) is 25.0 Å². The van der Waals surface area contributed by atoms with Crippen LogP contribution in [0.25, 0.3) is 0 Å². The largest absolute Gasteiger partial charge is 0.493 e. The average molecular weight is 241 g/mol. The number of rotatable bonds is 6. The molecule has 17 heavy (non-hydrogen) atoms. The first-order valence-electron chi connectivity index (χ1n) is 5.75. The molecular weight excluding hydrogens is 221 g/mol. The van der Waals surface area contributed by atoms with E-state index in [1.807, 2.05) is 14.1 Å². The SMILES string of the molecule is C[C@@H](O)c1ccc(OCCCN(C)C)cc1F. The summed E-state index contributed by atoms with van der Waals surface area (Å²) < 4.78 is 18.9. The van der Waals surface area contributed by atoms with Crippen molar-refractivity contribution in [3.63, 3.8) is 0 Å². The van der Waals surface area contributed by atoms with Crippen LogP contribution in [0.2, 0.25) is 0 Å². The number of nitrogens with zero attached hydrogens (tertiary/aromatic N) is 1. The molecule has 0 aromatic heterocycles. The zero-order valence-corrected chi connectivity index (χ0v) is 10.6. The summed E-state index contributed by atoms with van der Waals surface area (Å²) in [5.41, 5.74) is 0.297. The number of hydrogen-bond donors (Lipinski definition) is 1. The van der Waals surface area contributed by atoms with Crippen LogP contribution in [0.4, 0.5) is 4.39 Å². The molecule has 1 aromatic carbocycles. The molecule has 0 amide bonds. The van der Waals surface area contributed by atoms with Gasteiger partial charge in [0.1, 0.15) is 11.6 Å². The fourth-order valence-electron chi connectivity index (χ4n) is 1.51. The van der Waals surface area contributed by atoms with Crippen LogP contribution in [-0.2, 0) is 0 Å². The van der Waals surface area contributed by atoms with Crippen LogP contribution in [0.5, 0.6) is 5.75 Å². The van der Waals surface area contributed by atoms with Gasteiger partial charge in [-0.15, -0.1) is 0 Å². The smallest absolute Gasteiger partial charge is 0.132 e. The second-order valence-corrected chi connectivity index (χ2v) is 4.36.